The quantitative estimate of drug-likeness (QED) is 0.570. The number of halogens is 2. The van der Waals surface area contributed by atoms with Gasteiger partial charge in [-0.05, 0) is 10.3 Å². The molecule has 80 valence electrons. The molecule has 0 aromatic rings. The van der Waals surface area contributed by atoms with Crippen molar-refractivity contribution in [2.45, 2.75) is 51.9 Å². The number of rotatable bonds is 0. The minimum atomic E-state index is 0. The van der Waals surface area contributed by atoms with Crippen LogP contribution in [0.3, 0.4) is 0 Å². The summed E-state index contributed by atoms with van der Waals surface area (Å²) in [6, 6.07) is 0. The highest BCUT2D eigenvalue weighted by atomic mass is 79.9. The van der Waals surface area contributed by atoms with E-state index in [1.807, 2.05) is 0 Å². The lowest BCUT2D eigenvalue weighted by Crippen LogP contribution is -1.97. The summed E-state index contributed by atoms with van der Waals surface area (Å²) in [4.78, 5) is 0. The van der Waals surface area contributed by atoms with Crippen LogP contribution in [0.5, 0.6) is 0 Å². The van der Waals surface area contributed by atoms with E-state index in [2.05, 4.69) is 60.0 Å². The Balaban J connectivity index is -0.0000000457. The van der Waals surface area contributed by atoms with Crippen LogP contribution in [0.25, 0.3) is 0 Å². The average molecular weight is 342 g/mol. The van der Waals surface area contributed by atoms with Crippen molar-refractivity contribution in [2.75, 3.05) is 0 Å². The van der Waals surface area contributed by atoms with Gasteiger partial charge in [0, 0.05) is 0 Å². The molecule has 0 aliphatic heterocycles. The van der Waals surface area contributed by atoms with Crippen LogP contribution in [-0.2, 0) is 0 Å². The third kappa shape index (κ3) is 418. The van der Waals surface area contributed by atoms with Crippen LogP contribution in [0.1, 0.15) is 41.5 Å². The van der Waals surface area contributed by atoms with Gasteiger partial charge in [-0.2, -0.15) is 0 Å². The minimum absolute atomic E-state index is 0. The molecular weight excluding hydrogens is 318 g/mol. The molecule has 0 aromatic heterocycles. The summed E-state index contributed by atoms with van der Waals surface area (Å²) in [5.41, 5.74) is 0. The highest BCUT2D eigenvalue weighted by molar-refractivity contribution is 8.93. The zero-order valence-electron chi connectivity index (χ0n) is 8.97. The molecule has 0 spiro atoms. The van der Waals surface area contributed by atoms with Gasteiger partial charge in [0.15, 0.2) is 0 Å². The van der Waals surface area contributed by atoms with Gasteiger partial charge >= 0.3 is 0 Å². The lowest BCUT2D eigenvalue weighted by molar-refractivity contribution is 0.804. The molecule has 0 saturated carbocycles. The second-order valence-electron chi connectivity index (χ2n) is 4.73. The van der Waals surface area contributed by atoms with E-state index in [1.165, 1.54) is 0 Å². The van der Waals surface area contributed by atoms with Gasteiger partial charge in [-0.3, -0.25) is 0 Å². The van der Waals surface area contributed by atoms with Crippen molar-refractivity contribution in [2.24, 2.45) is 0 Å². The van der Waals surface area contributed by atoms with Crippen LogP contribution in [0.2, 0.25) is 0 Å². The number of hydrogen-bond acceptors (Lipinski definition) is 0. The lowest BCUT2D eigenvalue weighted by atomic mass is 10.3. The fraction of sp³-hybridized carbons (Fsp3) is 1.00. The van der Waals surface area contributed by atoms with E-state index < -0.39 is 0 Å². The van der Waals surface area contributed by atoms with E-state index in [0.717, 1.165) is 0 Å². The number of hydrogen-bond donors (Lipinski definition) is 0. The summed E-state index contributed by atoms with van der Waals surface area (Å²) < 4.78 is 0. The Morgan fingerprint density at radius 1 is 0.583 bits per heavy atom. The maximum atomic E-state index is 2.72. The topological polar surface area (TPSA) is 0 Å². The van der Waals surface area contributed by atoms with E-state index in [4.69, 9.17) is 0 Å². The van der Waals surface area contributed by atoms with Crippen molar-refractivity contribution in [3.63, 3.8) is 0 Å². The van der Waals surface area contributed by atoms with Gasteiger partial charge in [-0.25, -0.2) is 0 Å². The van der Waals surface area contributed by atoms with Crippen molar-refractivity contribution in [1.82, 2.24) is 0 Å². The Morgan fingerprint density at radius 3 is 0.583 bits per heavy atom. The van der Waals surface area contributed by atoms with E-state index in [-0.39, 0.29) is 34.0 Å². The molecular formula is C8H24Br2P2. The van der Waals surface area contributed by atoms with Crippen LogP contribution >= 0.6 is 52.4 Å². The smallest absolute Gasteiger partial charge is 0.0235 e. The zero-order chi connectivity index (χ0) is 9.00. The lowest BCUT2D eigenvalue weighted by Gasteiger charge is -2.05. The standard InChI is InChI=1S/2C4H11P.2BrH/c2*1-4(2,3)5;;/h2*5H2,1-3H3;2*1H. The molecule has 0 heterocycles. The van der Waals surface area contributed by atoms with Crippen molar-refractivity contribution < 1.29 is 0 Å². The highest BCUT2D eigenvalue weighted by Gasteiger charge is 1.96. The summed E-state index contributed by atoms with van der Waals surface area (Å²) in [5, 5.41) is 0.833. The first-order valence-electron chi connectivity index (χ1n) is 3.58. The second-order valence-corrected chi connectivity index (χ2v) is 8.20. The highest BCUT2D eigenvalue weighted by Crippen LogP contribution is 2.12. The first-order valence-corrected chi connectivity index (χ1v) is 4.73. The maximum Gasteiger partial charge on any atom is -0.0235 e. The second kappa shape index (κ2) is 9.38. The Morgan fingerprint density at radius 2 is 0.583 bits per heavy atom. The van der Waals surface area contributed by atoms with Crippen molar-refractivity contribution in [3.8, 4) is 0 Å². The molecule has 0 fully saturated rings. The summed E-state index contributed by atoms with van der Waals surface area (Å²) >= 11 is 0. The molecule has 0 bridgehead atoms. The summed E-state index contributed by atoms with van der Waals surface area (Å²) in [7, 11) is 5.43. The van der Waals surface area contributed by atoms with E-state index >= 15 is 0 Å². The van der Waals surface area contributed by atoms with Gasteiger partial charge in [0.2, 0.25) is 0 Å². The SMILES string of the molecule is Br.Br.CC(C)(C)P.CC(C)(C)P. The van der Waals surface area contributed by atoms with Gasteiger partial charge < -0.3 is 0 Å². The van der Waals surface area contributed by atoms with Crippen molar-refractivity contribution >= 4 is 52.4 Å². The molecule has 4 heteroatoms. The van der Waals surface area contributed by atoms with Crippen LogP contribution < -0.4 is 0 Å². The average Bonchev–Trinajstić information content (AvgIpc) is 1.12. The van der Waals surface area contributed by atoms with Crippen molar-refractivity contribution in [3.05, 3.63) is 0 Å². The maximum absolute atomic E-state index is 2.72. The Bertz CT molecular complexity index is 58.0. The zero-order valence-corrected chi connectivity index (χ0v) is 14.7. The first kappa shape index (κ1) is 23.6. The molecule has 0 amide bonds. The van der Waals surface area contributed by atoms with E-state index in [0.29, 0.717) is 10.3 Å². The molecule has 0 N–H and O–H groups in total. The first-order chi connectivity index (χ1) is 4.00. The summed E-state index contributed by atoms with van der Waals surface area (Å²) in [5.74, 6) is 0. The molecule has 2 atom stereocenters. The Hall–Kier alpha value is 1.82. The van der Waals surface area contributed by atoms with Crippen LogP contribution in [0.4, 0.5) is 0 Å². The summed E-state index contributed by atoms with van der Waals surface area (Å²) in [6.45, 7) is 12.9. The normalized spacial score (nSPS) is 10.0. The van der Waals surface area contributed by atoms with Crippen molar-refractivity contribution in [1.29, 1.82) is 0 Å². The fourth-order valence-corrected chi connectivity index (χ4v) is 0. The van der Waals surface area contributed by atoms with Crippen LogP contribution in [0.15, 0.2) is 0 Å². The largest absolute Gasteiger partial charge is 0.132 e. The van der Waals surface area contributed by atoms with Gasteiger partial charge in [-0.1, -0.05) is 41.5 Å². The van der Waals surface area contributed by atoms with Crippen LogP contribution in [-0.4, -0.2) is 10.3 Å². The van der Waals surface area contributed by atoms with Gasteiger partial charge in [0.05, 0.1) is 0 Å². The third-order valence-corrected chi connectivity index (χ3v) is 0. The van der Waals surface area contributed by atoms with Gasteiger partial charge in [-0.15, -0.1) is 52.4 Å². The molecule has 0 nitrogen and oxygen atoms in total. The molecule has 2 unspecified atom stereocenters. The molecule has 12 heavy (non-hydrogen) atoms. The van der Waals surface area contributed by atoms with E-state index in [1.54, 1.807) is 0 Å². The van der Waals surface area contributed by atoms with E-state index in [9.17, 15) is 0 Å². The van der Waals surface area contributed by atoms with Gasteiger partial charge in [0.25, 0.3) is 0 Å². The minimum Gasteiger partial charge on any atom is -0.132 e. The monoisotopic (exact) mass is 340 g/mol. The molecule has 0 rings (SSSR count). The van der Waals surface area contributed by atoms with Gasteiger partial charge in [0.1, 0.15) is 0 Å². The Kier molecular flexibility index (Phi) is 18.4. The molecule has 0 saturated heterocycles. The molecule has 0 aromatic carbocycles. The molecule has 0 radical (unpaired) electrons. The molecule has 0 aliphatic carbocycles. The Labute approximate surface area is 104 Å². The predicted molar refractivity (Wildman–Crippen MR) is 79.6 cm³/mol. The third-order valence-electron chi connectivity index (χ3n) is 0. The molecule has 0 aliphatic rings. The summed E-state index contributed by atoms with van der Waals surface area (Å²) in [6.07, 6.45) is 0. The fourth-order valence-electron chi connectivity index (χ4n) is 0. The predicted octanol–water partition coefficient (Wildman–Crippen LogP) is 4.48. The van der Waals surface area contributed by atoms with Crippen LogP contribution in [0, 0.1) is 0 Å².